The van der Waals surface area contributed by atoms with Gasteiger partial charge in [0.1, 0.15) is 0 Å². The summed E-state index contributed by atoms with van der Waals surface area (Å²) in [5.41, 5.74) is 8.11. The molecule has 1 heterocycles. The number of oxime groups is 1. The fraction of sp³-hybridized carbons (Fsp3) is 0.778. The topological polar surface area (TPSA) is 94.2 Å². The van der Waals surface area contributed by atoms with Gasteiger partial charge in [-0.15, -0.1) is 0 Å². The van der Waals surface area contributed by atoms with Crippen molar-refractivity contribution in [2.75, 3.05) is 33.2 Å². The second-order valence-electron chi connectivity index (χ2n) is 4.01. The summed E-state index contributed by atoms with van der Waals surface area (Å²) in [5, 5.41) is 13.1. The van der Waals surface area contributed by atoms with Crippen LogP contribution in [0.25, 0.3) is 0 Å². The first kappa shape index (κ1) is 12.7. The average Bonchev–Trinajstić information content (AvgIpc) is 2.30. The molecule has 1 fully saturated rings. The Morgan fingerprint density at radius 2 is 2.00 bits per heavy atom. The maximum atomic E-state index is 11.7. The van der Waals surface area contributed by atoms with Crippen LogP contribution in [-0.4, -0.2) is 60.1 Å². The Morgan fingerprint density at radius 1 is 1.44 bits per heavy atom. The lowest BCUT2D eigenvalue weighted by atomic mass is 10.1. The van der Waals surface area contributed by atoms with Crippen molar-refractivity contribution >= 4 is 11.7 Å². The summed E-state index contributed by atoms with van der Waals surface area (Å²) in [6, 6.07) is 0. The smallest absolute Gasteiger partial charge is 0.244 e. The predicted molar refractivity (Wildman–Crippen MR) is 59.8 cm³/mol. The van der Waals surface area contributed by atoms with Crippen molar-refractivity contribution in [3.8, 4) is 0 Å². The molecule has 1 aliphatic rings. The first-order valence-electron chi connectivity index (χ1n) is 5.26. The highest BCUT2D eigenvalue weighted by atomic mass is 16.4. The molecule has 7 nitrogen and oxygen atoms in total. The summed E-state index contributed by atoms with van der Waals surface area (Å²) in [5.74, 6) is -0.948. The molecule has 4 N–H and O–H groups in total. The molecule has 0 aromatic carbocycles. The van der Waals surface area contributed by atoms with E-state index in [4.69, 9.17) is 10.9 Å². The number of nitrogens with zero attached hydrogens (tertiary/aromatic N) is 3. The summed E-state index contributed by atoms with van der Waals surface area (Å²) in [6.45, 7) is 4.99. The third-order valence-electron chi connectivity index (χ3n) is 2.72. The summed E-state index contributed by atoms with van der Waals surface area (Å²) < 4.78 is 0. The molecule has 0 aliphatic carbocycles. The van der Waals surface area contributed by atoms with Crippen LogP contribution in [0.1, 0.15) is 6.92 Å². The van der Waals surface area contributed by atoms with Crippen molar-refractivity contribution in [2.45, 2.75) is 6.92 Å². The molecule has 16 heavy (non-hydrogen) atoms. The highest BCUT2D eigenvalue weighted by Crippen LogP contribution is 1.99. The maximum absolute atomic E-state index is 11.7. The molecule has 0 aromatic rings. The molecule has 0 bridgehead atoms. The van der Waals surface area contributed by atoms with Crippen LogP contribution in [0.2, 0.25) is 0 Å². The van der Waals surface area contributed by atoms with Gasteiger partial charge < -0.3 is 15.8 Å². The minimum atomic E-state index is -0.621. The SMILES string of the molecule is CC(C(=O)NN1CCN(C)CC1)C(N)=NO. The number of piperazine rings is 1. The molecule has 1 unspecified atom stereocenters. The van der Waals surface area contributed by atoms with Crippen LogP contribution >= 0.6 is 0 Å². The monoisotopic (exact) mass is 229 g/mol. The zero-order valence-electron chi connectivity index (χ0n) is 9.68. The van der Waals surface area contributed by atoms with E-state index < -0.39 is 5.92 Å². The summed E-state index contributed by atoms with van der Waals surface area (Å²) in [7, 11) is 2.04. The zero-order valence-corrected chi connectivity index (χ0v) is 9.68. The van der Waals surface area contributed by atoms with Crippen LogP contribution in [0.3, 0.4) is 0 Å². The number of nitrogens with one attached hydrogen (secondary N) is 1. The molecular formula is C9H19N5O2. The van der Waals surface area contributed by atoms with Gasteiger partial charge in [0.05, 0.1) is 5.92 Å². The van der Waals surface area contributed by atoms with Gasteiger partial charge in [0, 0.05) is 26.2 Å². The number of amides is 1. The normalized spacial score (nSPS) is 21.8. The fourth-order valence-electron chi connectivity index (χ4n) is 1.39. The molecule has 0 spiro atoms. The van der Waals surface area contributed by atoms with Crippen LogP contribution in [-0.2, 0) is 4.79 Å². The lowest BCUT2D eigenvalue weighted by Gasteiger charge is -2.32. The highest BCUT2D eigenvalue weighted by Gasteiger charge is 2.21. The Kier molecular flexibility index (Phi) is 4.51. The van der Waals surface area contributed by atoms with Gasteiger partial charge in [-0.1, -0.05) is 5.16 Å². The van der Waals surface area contributed by atoms with Gasteiger partial charge in [-0.3, -0.25) is 10.2 Å². The number of rotatable bonds is 3. The van der Waals surface area contributed by atoms with Crippen LogP contribution < -0.4 is 11.2 Å². The second kappa shape index (κ2) is 5.66. The van der Waals surface area contributed by atoms with Crippen LogP contribution in [0.4, 0.5) is 0 Å². The van der Waals surface area contributed by atoms with Crippen molar-refractivity contribution in [1.82, 2.24) is 15.3 Å². The van der Waals surface area contributed by atoms with Gasteiger partial charge in [0.15, 0.2) is 5.84 Å². The fourth-order valence-corrected chi connectivity index (χ4v) is 1.39. The van der Waals surface area contributed by atoms with E-state index in [1.165, 1.54) is 0 Å². The van der Waals surface area contributed by atoms with Gasteiger partial charge in [0.2, 0.25) is 5.91 Å². The van der Waals surface area contributed by atoms with E-state index in [1.54, 1.807) is 6.92 Å². The number of hydrogen-bond donors (Lipinski definition) is 3. The van der Waals surface area contributed by atoms with Crippen LogP contribution in [0.5, 0.6) is 0 Å². The third-order valence-corrected chi connectivity index (χ3v) is 2.72. The van der Waals surface area contributed by atoms with Gasteiger partial charge >= 0.3 is 0 Å². The molecule has 1 amide bonds. The number of carbonyl (C=O) groups is 1. The van der Waals surface area contributed by atoms with Gasteiger partial charge in [-0.05, 0) is 14.0 Å². The Hall–Kier alpha value is -1.34. The van der Waals surface area contributed by atoms with Crippen molar-refractivity contribution < 1.29 is 10.0 Å². The van der Waals surface area contributed by atoms with Crippen LogP contribution in [0.15, 0.2) is 5.16 Å². The number of nitrogens with two attached hydrogens (primary N) is 1. The van der Waals surface area contributed by atoms with Gasteiger partial charge in [-0.25, -0.2) is 5.01 Å². The lowest BCUT2D eigenvalue weighted by molar-refractivity contribution is -0.128. The van der Waals surface area contributed by atoms with E-state index in [-0.39, 0.29) is 11.7 Å². The second-order valence-corrected chi connectivity index (χ2v) is 4.01. The van der Waals surface area contributed by atoms with E-state index in [9.17, 15) is 4.79 Å². The highest BCUT2D eigenvalue weighted by molar-refractivity contribution is 6.01. The van der Waals surface area contributed by atoms with E-state index in [1.807, 2.05) is 12.1 Å². The summed E-state index contributed by atoms with van der Waals surface area (Å²) >= 11 is 0. The summed E-state index contributed by atoms with van der Waals surface area (Å²) in [6.07, 6.45) is 0. The van der Waals surface area contributed by atoms with Crippen molar-refractivity contribution in [3.05, 3.63) is 0 Å². The third kappa shape index (κ3) is 3.35. The van der Waals surface area contributed by atoms with Gasteiger partial charge in [0.25, 0.3) is 0 Å². The Bertz CT molecular complexity index is 273. The number of hydrazine groups is 1. The molecule has 1 atom stereocenters. The van der Waals surface area contributed by atoms with E-state index >= 15 is 0 Å². The molecule has 0 aromatic heterocycles. The Balaban J connectivity index is 2.40. The van der Waals surface area contributed by atoms with Crippen molar-refractivity contribution in [3.63, 3.8) is 0 Å². The quantitative estimate of drug-likeness (QED) is 0.241. The van der Waals surface area contributed by atoms with E-state index in [2.05, 4.69) is 15.5 Å². The minimum absolute atomic E-state index is 0.0772. The molecule has 1 aliphatic heterocycles. The molecule has 1 saturated heterocycles. The lowest BCUT2D eigenvalue weighted by Crippen LogP contribution is -2.54. The molecule has 1 rings (SSSR count). The predicted octanol–water partition coefficient (Wildman–Crippen LogP) is -1.35. The Labute approximate surface area is 94.8 Å². The first-order chi connectivity index (χ1) is 7.54. The maximum Gasteiger partial charge on any atom is 0.244 e. The Morgan fingerprint density at radius 3 is 2.50 bits per heavy atom. The van der Waals surface area contributed by atoms with E-state index in [0.717, 1.165) is 26.2 Å². The first-order valence-corrected chi connectivity index (χ1v) is 5.26. The molecule has 7 heteroatoms. The number of carbonyl (C=O) groups excluding carboxylic acids is 1. The molecule has 0 radical (unpaired) electrons. The zero-order chi connectivity index (χ0) is 12.1. The van der Waals surface area contributed by atoms with Crippen molar-refractivity contribution in [1.29, 1.82) is 0 Å². The standard InChI is InChI=1S/C9H19N5O2/c1-7(8(10)12-16)9(15)11-14-5-3-13(2)4-6-14/h7,16H,3-6H2,1-2H3,(H2,10,12)(H,11,15). The van der Waals surface area contributed by atoms with E-state index in [0.29, 0.717) is 0 Å². The molecule has 92 valence electrons. The number of likely N-dealkylation sites (N-methyl/N-ethyl adjacent to an activating group) is 1. The largest absolute Gasteiger partial charge is 0.409 e. The van der Waals surface area contributed by atoms with Gasteiger partial charge in [-0.2, -0.15) is 0 Å². The number of hydrogen-bond acceptors (Lipinski definition) is 5. The summed E-state index contributed by atoms with van der Waals surface area (Å²) in [4.78, 5) is 13.8. The number of amidine groups is 1. The van der Waals surface area contributed by atoms with Crippen molar-refractivity contribution in [2.24, 2.45) is 16.8 Å². The molecule has 0 saturated carbocycles. The molecular weight excluding hydrogens is 210 g/mol. The minimum Gasteiger partial charge on any atom is -0.409 e. The van der Waals surface area contributed by atoms with Crippen LogP contribution in [0, 0.1) is 5.92 Å². The average molecular weight is 229 g/mol.